The average molecular weight is 448 g/mol. The first-order valence-electron chi connectivity index (χ1n) is 11.3. The van der Waals surface area contributed by atoms with Gasteiger partial charge in [-0.05, 0) is 43.4 Å². The highest BCUT2D eigenvalue weighted by molar-refractivity contribution is 5.94. The minimum Gasteiger partial charge on any atom is -0.350 e. The van der Waals surface area contributed by atoms with Crippen LogP contribution in [0.5, 0.6) is 0 Å². The molecule has 1 N–H and O–H groups in total. The number of imidazole rings is 1. The molecular formula is C25H29N5O3. The highest BCUT2D eigenvalue weighted by atomic mass is 16.2. The van der Waals surface area contributed by atoms with Gasteiger partial charge < -0.3 is 19.4 Å². The molecule has 3 heterocycles. The Hall–Kier alpha value is -3.68. The second-order valence-corrected chi connectivity index (χ2v) is 8.50. The monoisotopic (exact) mass is 447 g/mol. The fraction of sp³-hybridized carbons (Fsp3) is 0.360. The number of amides is 2. The van der Waals surface area contributed by atoms with Crippen molar-refractivity contribution >= 4 is 11.8 Å². The van der Waals surface area contributed by atoms with Crippen molar-refractivity contribution in [2.24, 2.45) is 5.92 Å². The summed E-state index contributed by atoms with van der Waals surface area (Å²) in [5.41, 5.74) is 0.644. The molecule has 0 saturated carbocycles. The lowest BCUT2D eigenvalue weighted by Crippen LogP contribution is -2.44. The maximum Gasteiger partial charge on any atom is 0.263 e. The van der Waals surface area contributed by atoms with E-state index in [4.69, 9.17) is 0 Å². The molecule has 3 aromatic rings. The molecule has 1 aliphatic heterocycles. The molecule has 2 amide bonds. The Balaban J connectivity index is 1.39. The van der Waals surface area contributed by atoms with Crippen molar-refractivity contribution in [3.63, 3.8) is 0 Å². The molecule has 1 fully saturated rings. The lowest BCUT2D eigenvalue weighted by molar-refractivity contribution is -0.121. The van der Waals surface area contributed by atoms with Crippen LogP contribution in [0.2, 0.25) is 0 Å². The maximum atomic E-state index is 13.2. The van der Waals surface area contributed by atoms with Crippen LogP contribution in [0.3, 0.4) is 0 Å². The first-order valence-corrected chi connectivity index (χ1v) is 11.3. The van der Waals surface area contributed by atoms with Crippen LogP contribution < -0.4 is 10.9 Å². The summed E-state index contributed by atoms with van der Waals surface area (Å²) in [6.45, 7) is 4.25. The van der Waals surface area contributed by atoms with Gasteiger partial charge in [-0.1, -0.05) is 30.3 Å². The lowest BCUT2D eigenvalue weighted by atomic mass is 9.97. The molecule has 0 radical (unpaired) electrons. The van der Waals surface area contributed by atoms with E-state index in [1.807, 2.05) is 43.5 Å². The van der Waals surface area contributed by atoms with Gasteiger partial charge in [0.15, 0.2) is 0 Å². The number of hydrogen-bond acceptors (Lipinski definition) is 4. The van der Waals surface area contributed by atoms with Gasteiger partial charge in [-0.2, -0.15) is 0 Å². The molecular weight excluding hydrogens is 418 g/mol. The van der Waals surface area contributed by atoms with E-state index in [1.54, 1.807) is 29.4 Å². The molecule has 1 saturated heterocycles. The summed E-state index contributed by atoms with van der Waals surface area (Å²) in [6.07, 6.45) is 7.20. The van der Waals surface area contributed by atoms with Crippen LogP contribution in [0.25, 0.3) is 0 Å². The lowest BCUT2D eigenvalue weighted by Gasteiger charge is -2.33. The van der Waals surface area contributed by atoms with Crippen LogP contribution in [0.1, 0.15) is 34.6 Å². The standard InChI is InChI=1S/C25H29N5O3/c1-19-26-11-14-28(19)16-21-9-5-12-29(17-21)24(32)22-10-6-13-30(25(22)33)18-23(31)27-15-20-7-3-2-4-8-20/h2-4,6-8,10-11,13-14,21H,5,9,12,15-18H2,1H3,(H,27,31)/t21-/m0/s1. The molecule has 0 bridgehead atoms. The Kier molecular flexibility index (Phi) is 7.02. The summed E-state index contributed by atoms with van der Waals surface area (Å²) in [5.74, 6) is 0.714. The fourth-order valence-corrected chi connectivity index (χ4v) is 4.27. The number of carbonyl (C=O) groups excluding carboxylic acids is 2. The molecule has 1 aromatic carbocycles. The summed E-state index contributed by atoms with van der Waals surface area (Å²) in [6, 6.07) is 12.8. The predicted molar refractivity (Wildman–Crippen MR) is 125 cm³/mol. The summed E-state index contributed by atoms with van der Waals surface area (Å²) < 4.78 is 3.39. The van der Waals surface area contributed by atoms with Crippen LogP contribution >= 0.6 is 0 Å². The number of aryl methyl sites for hydroxylation is 1. The molecule has 2 aromatic heterocycles. The number of likely N-dealkylation sites (tertiary alicyclic amines) is 1. The average Bonchev–Trinajstić information content (AvgIpc) is 3.23. The van der Waals surface area contributed by atoms with Gasteiger partial charge in [0, 0.05) is 44.8 Å². The summed E-state index contributed by atoms with van der Waals surface area (Å²) >= 11 is 0. The molecule has 0 unspecified atom stereocenters. The minimum atomic E-state index is -0.440. The molecule has 172 valence electrons. The maximum absolute atomic E-state index is 13.2. The Bertz CT molecular complexity index is 1170. The molecule has 0 aliphatic carbocycles. The third-order valence-corrected chi connectivity index (χ3v) is 6.08. The number of hydrogen-bond donors (Lipinski definition) is 1. The molecule has 1 aliphatic rings. The van der Waals surface area contributed by atoms with Crippen molar-refractivity contribution in [3.05, 3.63) is 88.4 Å². The van der Waals surface area contributed by atoms with E-state index in [0.717, 1.165) is 30.8 Å². The number of benzene rings is 1. The number of piperidine rings is 1. The van der Waals surface area contributed by atoms with Crippen molar-refractivity contribution in [3.8, 4) is 0 Å². The van der Waals surface area contributed by atoms with E-state index < -0.39 is 5.56 Å². The van der Waals surface area contributed by atoms with Gasteiger partial charge >= 0.3 is 0 Å². The van der Waals surface area contributed by atoms with Crippen molar-refractivity contribution in [2.45, 2.75) is 39.4 Å². The number of carbonyl (C=O) groups is 2. The number of nitrogens with zero attached hydrogens (tertiary/aromatic N) is 4. The van der Waals surface area contributed by atoms with E-state index in [-0.39, 0.29) is 23.9 Å². The molecule has 4 rings (SSSR count). The van der Waals surface area contributed by atoms with Gasteiger partial charge in [-0.3, -0.25) is 14.4 Å². The minimum absolute atomic E-state index is 0.104. The van der Waals surface area contributed by atoms with E-state index in [9.17, 15) is 14.4 Å². The van der Waals surface area contributed by atoms with Gasteiger partial charge in [-0.25, -0.2) is 4.98 Å². The molecule has 0 spiro atoms. The fourth-order valence-electron chi connectivity index (χ4n) is 4.27. The zero-order valence-electron chi connectivity index (χ0n) is 18.8. The zero-order valence-corrected chi connectivity index (χ0v) is 18.8. The zero-order chi connectivity index (χ0) is 23.2. The van der Waals surface area contributed by atoms with E-state index >= 15 is 0 Å². The number of pyridine rings is 1. The van der Waals surface area contributed by atoms with Crippen LogP contribution in [0, 0.1) is 12.8 Å². The first-order chi connectivity index (χ1) is 16.0. The number of rotatable bonds is 7. The Morgan fingerprint density at radius 2 is 1.91 bits per heavy atom. The largest absolute Gasteiger partial charge is 0.350 e. The normalized spacial score (nSPS) is 15.9. The van der Waals surface area contributed by atoms with E-state index in [2.05, 4.69) is 14.9 Å². The number of nitrogens with one attached hydrogen (secondary N) is 1. The second kappa shape index (κ2) is 10.3. The highest BCUT2D eigenvalue weighted by Crippen LogP contribution is 2.20. The van der Waals surface area contributed by atoms with Gasteiger partial charge in [0.2, 0.25) is 5.91 Å². The number of aromatic nitrogens is 3. The van der Waals surface area contributed by atoms with Gasteiger partial charge in [-0.15, -0.1) is 0 Å². The van der Waals surface area contributed by atoms with Crippen LogP contribution in [0.15, 0.2) is 65.8 Å². The van der Waals surface area contributed by atoms with Crippen molar-refractivity contribution in [1.29, 1.82) is 0 Å². The Morgan fingerprint density at radius 1 is 1.09 bits per heavy atom. The van der Waals surface area contributed by atoms with Crippen LogP contribution in [-0.2, 0) is 24.4 Å². The summed E-state index contributed by atoms with van der Waals surface area (Å²) in [7, 11) is 0. The van der Waals surface area contributed by atoms with Crippen molar-refractivity contribution in [1.82, 2.24) is 24.3 Å². The molecule has 8 heteroatoms. The predicted octanol–water partition coefficient (Wildman–Crippen LogP) is 2.22. The third kappa shape index (κ3) is 5.58. The topological polar surface area (TPSA) is 89.2 Å². The van der Waals surface area contributed by atoms with Gasteiger partial charge in [0.1, 0.15) is 17.9 Å². The highest BCUT2D eigenvalue weighted by Gasteiger charge is 2.27. The van der Waals surface area contributed by atoms with Crippen LogP contribution in [-0.4, -0.2) is 43.9 Å². The smallest absolute Gasteiger partial charge is 0.263 e. The molecule has 8 nitrogen and oxygen atoms in total. The van der Waals surface area contributed by atoms with Gasteiger partial charge in [0.05, 0.1) is 0 Å². The second-order valence-electron chi connectivity index (χ2n) is 8.50. The summed E-state index contributed by atoms with van der Waals surface area (Å²) in [5, 5.41) is 2.82. The first kappa shape index (κ1) is 22.5. The van der Waals surface area contributed by atoms with E-state index in [0.29, 0.717) is 25.6 Å². The third-order valence-electron chi connectivity index (χ3n) is 6.08. The van der Waals surface area contributed by atoms with Crippen molar-refractivity contribution in [2.75, 3.05) is 13.1 Å². The van der Waals surface area contributed by atoms with Crippen LogP contribution in [0.4, 0.5) is 0 Å². The van der Waals surface area contributed by atoms with E-state index in [1.165, 1.54) is 4.57 Å². The SMILES string of the molecule is Cc1nccn1C[C@@H]1CCCN(C(=O)c2cccn(CC(=O)NCc3ccccc3)c2=O)C1. The Morgan fingerprint density at radius 3 is 2.67 bits per heavy atom. The quantitative estimate of drug-likeness (QED) is 0.602. The van der Waals surface area contributed by atoms with Gasteiger partial charge in [0.25, 0.3) is 11.5 Å². The van der Waals surface area contributed by atoms with Crippen molar-refractivity contribution < 1.29 is 9.59 Å². The Labute approximate surface area is 192 Å². The summed E-state index contributed by atoms with van der Waals surface area (Å²) in [4.78, 5) is 44.5. The molecule has 33 heavy (non-hydrogen) atoms. The molecule has 1 atom stereocenters.